The second-order valence-corrected chi connectivity index (χ2v) is 6.02. The van der Waals surface area contributed by atoms with Gasteiger partial charge in [0.15, 0.2) is 0 Å². The lowest BCUT2D eigenvalue weighted by Gasteiger charge is -2.38. The Balaban J connectivity index is 1.71. The molecule has 0 aromatic heterocycles. The number of allylic oxidation sites excluding steroid dienone is 2. The first-order valence-electron chi connectivity index (χ1n) is 6.97. The van der Waals surface area contributed by atoms with Crippen molar-refractivity contribution in [3.05, 3.63) is 12.2 Å². The number of imide groups is 2. The van der Waals surface area contributed by atoms with Crippen molar-refractivity contribution in [1.29, 1.82) is 0 Å². The van der Waals surface area contributed by atoms with Gasteiger partial charge in [0, 0.05) is 0 Å². The lowest BCUT2D eigenvalue weighted by atomic mass is 9.63. The largest absolute Gasteiger partial charge is 0.295 e. The van der Waals surface area contributed by atoms with E-state index in [0.717, 1.165) is 17.7 Å². The van der Waals surface area contributed by atoms with E-state index in [1.807, 2.05) is 12.2 Å². The van der Waals surface area contributed by atoms with E-state index in [-0.39, 0.29) is 41.9 Å². The maximum absolute atomic E-state index is 12.6. The number of carbonyl (C=O) groups is 4. The molecule has 6 heteroatoms. The van der Waals surface area contributed by atoms with Gasteiger partial charge >= 0.3 is 0 Å². The lowest BCUT2D eigenvalue weighted by Crippen LogP contribution is -2.45. The molecule has 4 amide bonds. The summed E-state index contributed by atoms with van der Waals surface area (Å²) in [6.07, 6.45) is 5.81. The average molecular weight is 274 g/mol. The maximum Gasteiger partial charge on any atom is 0.250 e. The van der Waals surface area contributed by atoms with E-state index >= 15 is 0 Å². The third-order valence-electron chi connectivity index (χ3n) is 5.05. The highest BCUT2D eigenvalue weighted by atomic mass is 16.2. The number of rotatable bonds is 1. The van der Waals surface area contributed by atoms with Gasteiger partial charge in [-0.2, -0.15) is 0 Å². The molecule has 104 valence electrons. The van der Waals surface area contributed by atoms with Gasteiger partial charge in [0.05, 0.1) is 18.3 Å². The standard InChI is InChI=1S/C14H14N2O4/c17-9-5-8(12(18)15-9)16-13(19)10-6-1-2-7(4-3-6)11(10)14(16)20/h1-2,6-8,10-11H,3-5H2,(H,15,17,18). The van der Waals surface area contributed by atoms with Crippen molar-refractivity contribution >= 4 is 23.6 Å². The topological polar surface area (TPSA) is 83.6 Å². The van der Waals surface area contributed by atoms with Crippen LogP contribution in [0.2, 0.25) is 0 Å². The molecule has 2 bridgehead atoms. The minimum Gasteiger partial charge on any atom is -0.295 e. The summed E-state index contributed by atoms with van der Waals surface area (Å²) in [6.45, 7) is 0. The van der Waals surface area contributed by atoms with Gasteiger partial charge in [-0.3, -0.25) is 29.4 Å². The van der Waals surface area contributed by atoms with E-state index in [4.69, 9.17) is 0 Å². The Kier molecular flexibility index (Phi) is 2.23. The van der Waals surface area contributed by atoms with Crippen molar-refractivity contribution in [2.75, 3.05) is 0 Å². The van der Waals surface area contributed by atoms with Gasteiger partial charge in [0.25, 0.3) is 0 Å². The summed E-state index contributed by atoms with van der Waals surface area (Å²) in [4.78, 5) is 49.2. The fourth-order valence-corrected chi connectivity index (χ4v) is 4.15. The summed E-state index contributed by atoms with van der Waals surface area (Å²) >= 11 is 0. The quantitative estimate of drug-likeness (QED) is 0.521. The van der Waals surface area contributed by atoms with Crippen LogP contribution in [0.25, 0.3) is 0 Å². The zero-order valence-electron chi connectivity index (χ0n) is 10.7. The SMILES string of the molecule is O=C1CC(N2C(=O)C3C4C=CC(CC4)C3C2=O)C(=O)N1. The molecule has 0 aromatic carbocycles. The molecule has 2 heterocycles. The fraction of sp³-hybridized carbons (Fsp3) is 0.571. The normalized spacial score (nSPS) is 42.4. The van der Waals surface area contributed by atoms with E-state index in [9.17, 15) is 19.2 Å². The second-order valence-electron chi connectivity index (χ2n) is 6.02. The Morgan fingerprint density at radius 1 is 0.950 bits per heavy atom. The maximum atomic E-state index is 12.6. The van der Waals surface area contributed by atoms with E-state index in [2.05, 4.69) is 5.32 Å². The highest BCUT2D eigenvalue weighted by Gasteiger charge is 2.59. The molecule has 0 aromatic rings. The summed E-state index contributed by atoms with van der Waals surface area (Å²) in [5.41, 5.74) is 0. The van der Waals surface area contributed by atoms with Crippen molar-refractivity contribution in [3.63, 3.8) is 0 Å². The Morgan fingerprint density at radius 2 is 1.50 bits per heavy atom. The summed E-state index contributed by atoms with van der Waals surface area (Å²) < 4.78 is 0. The molecule has 2 saturated heterocycles. The second kappa shape index (κ2) is 3.77. The molecule has 1 N–H and O–H groups in total. The summed E-state index contributed by atoms with van der Waals surface area (Å²) in [7, 11) is 0. The molecule has 5 aliphatic rings. The number of nitrogens with one attached hydrogen (secondary N) is 1. The van der Waals surface area contributed by atoms with Crippen molar-refractivity contribution in [3.8, 4) is 0 Å². The van der Waals surface area contributed by atoms with Crippen LogP contribution in [0.15, 0.2) is 12.2 Å². The third-order valence-corrected chi connectivity index (χ3v) is 5.05. The molecular formula is C14H14N2O4. The number of carbonyl (C=O) groups excluding carboxylic acids is 4. The third kappa shape index (κ3) is 1.34. The van der Waals surface area contributed by atoms with E-state index in [1.54, 1.807) is 0 Å². The molecule has 5 atom stereocenters. The van der Waals surface area contributed by atoms with Crippen LogP contribution >= 0.6 is 0 Å². The van der Waals surface area contributed by atoms with Gasteiger partial charge in [-0.05, 0) is 24.7 Å². The number of nitrogens with zero attached hydrogens (tertiary/aromatic N) is 1. The first-order valence-corrected chi connectivity index (χ1v) is 6.97. The van der Waals surface area contributed by atoms with Crippen LogP contribution in [0.1, 0.15) is 19.3 Å². The van der Waals surface area contributed by atoms with Crippen LogP contribution in [0.3, 0.4) is 0 Å². The highest BCUT2D eigenvalue weighted by molar-refractivity contribution is 6.13. The highest BCUT2D eigenvalue weighted by Crippen LogP contribution is 2.50. The van der Waals surface area contributed by atoms with Gasteiger partial charge in [0.2, 0.25) is 23.6 Å². The predicted octanol–water partition coefficient (Wildman–Crippen LogP) is -0.401. The van der Waals surface area contributed by atoms with Crippen molar-refractivity contribution in [1.82, 2.24) is 10.2 Å². The smallest absolute Gasteiger partial charge is 0.250 e. The number of hydrogen-bond donors (Lipinski definition) is 1. The molecule has 5 rings (SSSR count). The fourth-order valence-electron chi connectivity index (χ4n) is 4.15. The number of hydrogen-bond acceptors (Lipinski definition) is 4. The number of likely N-dealkylation sites (tertiary alicyclic amines) is 1. The summed E-state index contributed by atoms with van der Waals surface area (Å²) in [6, 6.07) is -0.938. The van der Waals surface area contributed by atoms with Crippen LogP contribution in [-0.4, -0.2) is 34.6 Å². The molecular weight excluding hydrogens is 260 g/mol. The molecule has 3 fully saturated rings. The Labute approximate surface area is 115 Å². The van der Waals surface area contributed by atoms with Crippen LogP contribution in [0.4, 0.5) is 0 Å². The Bertz CT molecular complexity index is 550. The van der Waals surface area contributed by atoms with E-state index in [1.165, 1.54) is 0 Å². The van der Waals surface area contributed by atoms with Gasteiger partial charge in [-0.25, -0.2) is 0 Å². The molecule has 20 heavy (non-hydrogen) atoms. The van der Waals surface area contributed by atoms with Gasteiger partial charge < -0.3 is 0 Å². The number of amides is 4. The first kappa shape index (κ1) is 11.8. The first-order chi connectivity index (χ1) is 9.58. The zero-order valence-corrected chi connectivity index (χ0v) is 10.7. The predicted molar refractivity (Wildman–Crippen MR) is 65.7 cm³/mol. The Hall–Kier alpha value is -1.98. The van der Waals surface area contributed by atoms with Crippen LogP contribution in [-0.2, 0) is 19.2 Å². The molecule has 0 spiro atoms. The van der Waals surface area contributed by atoms with Crippen LogP contribution in [0, 0.1) is 23.7 Å². The van der Waals surface area contributed by atoms with E-state index < -0.39 is 17.9 Å². The van der Waals surface area contributed by atoms with Crippen molar-refractivity contribution in [2.24, 2.45) is 23.7 Å². The molecule has 6 nitrogen and oxygen atoms in total. The molecule has 2 aliphatic heterocycles. The van der Waals surface area contributed by atoms with Crippen LogP contribution in [0.5, 0.6) is 0 Å². The lowest BCUT2D eigenvalue weighted by molar-refractivity contribution is -0.146. The summed E-state index contributed by atoms with van der Waals surface area (Å²) in [5, 5.41) is 2.16. The minimum absolute atomic E-state index is 0.0987. The van der Waals surface area contributed by atoms with Gasteiger partial charge in [0.1, 0.15) is 6.04 Å². The van der Waals surface area contributed by atoms with Gasteiger partial charge in [-0.15, -0.1) is 0 Å². The van der Waals surface area contributed by atoms with Gasteiger partial charge in [-0.1, -0.05) is 12.2 Å². The molecule has 5 unspecified atom stereocenters. The van der Waals surface area contributed by atoms with E-state index in [0.29, 0.717) is 0 Å². The Morgan fingerprint density at radius 3 is 1.90 bits per heavy atom. The molecule has 3 aliphatic carbocycles. The minimum atomic E-state index is -0.938. The van der Waals surface area contributed by atoms with Crippen molar-refractivity contribution < 1.29 is 19.2 Å². The molecule has 0 radical (unpaired) electrons. The van der Waals surface area contributed by atoms with Crippen LogP contribution < -0.4 is 5.32 Å². The average Bonchev–Trinajstić information content (AvgIpc) is 2.90. The zero-order chi connectivity index (χ0) is 14.0. The number of fused-ring (bicyclic) bond motifs is 1. The monoisotopic (exact) mass is 274 g/mol. The van der Waals surface area contributed by atoms with Crippen molar-refractivity contribution in [2.45, 2.75) is 25.3 Å². The molecule has 1 saturated carbocycles. The summed E-state index contributed by atoms with van der Waals surface area (Å²) in [5.74, 6) is -1.93.